The van der Waals surface area contributed by atoms with Crippen molar-refractivity contribution in [3.63, 3.8) is 0 Å². The molecule has 1 aliphatic heterocycles. The van der Waals surface area contributed by atoms with Gasteiger partial charge in [-0.3, -0.25) is 14.4 Å². The fraction of sp³-hybridized carbons (Fsp3) is 0.357. The topological polar surface area (TPSA) is 144 Å². The lowest BCUT2D eigenvalue weighted by Crippen LogP contribution is -2.57. The number of fused-ring (bicyclic) bond motifs is 3. The van der Waals surface area contributed by atoms with Crippen LogP contribution in [0.4, 0.5) is 10.5 Å². The molecule has 12 heteroatoms. The number of H-pyrrole nitrogens is 1. The minimum absolute atomic E-state index is 0.0598. The average Bonchev–Trinajstić information content (AvgIpc) is 3.27. The Morgan fingerprint density at radius 2 is 1.85 bits per heavy atom. The first-order valence-corrected chi connectivity index (χ1v) is 13.7. The zero-order valence-corrected chi connectivity index (χ0v) is 23.6. The van der Waals surface area contributed by atoms with Crippen LogP contribution in [0.15, 0.2) is 42.5 Å². The van der Waals surface area contributed by atoms with Crippen molar-refractivity contribution in [1.29, 1.82) is 0 Å². The molecule has 212 valence electrons. The summed E-state index contributed by atoms with van der Waals surface area (Å²) in [5.41, 5.74) is 2.92. The number of nitrogens with one attached hydrogen (secondary N) is 4. The molecule has 4 amide bonds. The Morgan fingerprint density at radius 3 is 2.58 bits per heavy atom. The molecule has 0 saturated carbocycles. The number of aliphatic carboxylic acids is 1. The molecule has 0 fully saturated rings. The summed E-state index contributed by atoms with van der Waals surface area (Å²) < 4.78 is 0. The highest BCUT2D eigenvalue weighted by molar-refractivity contribution is 6.44. The molecule has 3 aromatic rings. The maximum Gasteiger partial charge on any atom is 0.322 e. The van der Waals surface area contributed by atoms with Gasteiger partial charge in [0.15, 0.2) is 0 Å². The van der Waals surface area contributed by atoms with Crippen molar-refractivity contribution in [2.45, 2.75) is 51.7 Å². The number of nitrogens with zero attached hydrogens (tertiary/aromatic N) is 1. The van der Waals surface area contributed by atoms with Crippen LogP contribution in [0.3, 0.4) is 0 Å². The van der Waals surface area contributed by atoms with Gasteiger partial charge in [-0.1, -0.05) is 61.3 Å². The van der Waals surface area contributed by atoms with Crippen molar-refractivity contribution in [2.75, 3.05) is 11.9 Å². The van der Waals surface area contributed by atoms with Gasteiger partial charge in [0.25, 0.3) is 0 Å². The molecule has 0 saturated heterocycles. The summed E-state index contributed by atoms with van der Waals surface area (Å²) in [7, 11) is 0. The first-order chi connectivity index (χ1) is 19.0. The lowest BCUT2D eigenvalue weighted by atomic mass is 9.95. The Hall–Kier alpha value is -3.76. The predicted molar refractivity (Wildman–Crippen MR) is 153 cm³/mol. The fourth-order valence-electron chi connectivity index (χ4n) is 4.83. The molecule has 0 unspecified atom stereocenters. The SMILES string of the molecule is CC(C)C[C@H](NC(=O)[C@H]1Cc2c([nH]c3ccccc23)CN1C(=O)Nc1cccc(Cl)c1Cl)C(=O)NCCC(=O)O. The molecular weight excluding hydrogens is 557 g/mol. The van der Waals surface area contributed by atoms with E-state index < -0.39 is 35.9 Å². The smallest absolute Gasteiger partial charge is 0.322 e. The second-order valence-corrected chi connectivity index (χ2v) is 10.9. The predicted octanol–water partition coefficient (Wildman–Crippen LogP) is 4.56. The third-order valence-corrected chi connectivity index (χ3v) is 7.56. The number of amides is 4. The van der Waals surface area contributed by atoms with Crippen LogP contribution in [-0.2, 0) is 27.3 Å². The number of hydrogen-bond acceptors (Lipinski definition) is 4. The monoisotopic (exact) mass is 587 g/mol. The summed E-state index contributed by atoms with van der Waals surface area (Å²) in [6.07, 6.45) is 0.316. The molecule has 10 nitrogen and oxygen atoms in total. The first kappa shape index (κ1) is 29.2. The van der Waals surface area contributed by atoms with E-state index >= 15 is 0 Å². The van der Waals surface area contributed by atoms with E-state index in [1.807, 2.05) is 38.1 Å². The average molecular weight is 588 g/mol. The van der Waals surface area contributed by atoms with E-state index in [9.17, 15) is 19.2 Å². The number of hydrogen-bond donors (Lipinski definition) is 5. The number of aromatic nitrogens is 1. The Bertz CT molecular complexity index is 1440. The lowest BCUT2D eigenvalue weighted by Gasteiger charge is -2.35. The van der Waals surface area contributed by atoms with Crippen molar-refractivity contribution in [3.8, 4) is 0 Å². The van der Waals surface area contributed by atoms with Crippen LogP contribution in [0.25, 0.3) is 10.9 Å². The van der Waals surface area contributed by atoms with Gasteiger partial charge in [-0.25, -0.2) is 4.79 Å². The van der Waals surface area contributed by atoms with Crippen LogP contribution < -0.4 is 16.0 Å². The molecule has 2 heterocycles. The molecule has 2 atom stereocenters. The van der Waals surface area contributed by atoms with Gasteiger partial charge in [-0.15, -0.1) is 0 Å². The molecule has 5 N–H and O–H groups in total. The van der Waals surface area contributed by atoms with Crippen LogP contribution in [-0.4, -0.2) is 57.4 Å². The zero-order chi connectivity index (χ0) is 29.0. The first-order valence-electron chi connectivity index (χ1n) is 12.9. The number of anilines is 1. The summed E-state index contributed by atoms with van der Waals surface area (Å²) in [4.78, 5) is 55.8. The number of benzene rings is 2. The van der Waals surface area contributed by atoms with Crippen molar-refractivity contribution in [1.82, 2.24) is 20.5 Å². The molecule has 0 spiro atoms. The summed E-state index contributed by atoms with van der Waals surface area (Å²) in [5, 5.41) is 18.5. The highest BCUT2D eigenvalue weighted by atomic mass is 35.5. The minimum atomic E-state index is -1.04. The van der Waals surface area contributed by atoms with Gasteiger partial charge < -0.3 is 30.9 Å². The zero-order valence-electron chi connectivity index (χ0n) is 22.1. The van der Waals surface area contributed by atoms with Crippen molar-refractivity contribution in [3.05, 3.63) is 63.8 Å². The standard InChI is InChI=1S/C28H31Cl2N5O5/c1-15(2)12-21(26(38)31-11-10-24(36)37)33-27(39)23-13-17-16-6-3-4-8-19(16)32-22(17)14-35(23)28(40)34-20-9-5-7-18(29)25(20)30/h3-9,15,21,23,32H,10-14H2,1-2H3,(H,31,38)(H,33,39)(H,34,40)(H,36,37)/t21-,23+/m0/s1. The van der Waals surface area contributed by atoms with Crippen molar-refractivity contribution >= 4 is 63.6 Å². The molecule has 2 aromatic carbocycles. The Kier molecular flexibility index (Phi) is 9.21. The number of rotatable bonds is 9. The van der Waals surface area contributed by atoms with Gasteiger partial charge in [0.2, 0.25) is 11.8 Å². The van der Waals surface area contributed by atoms with Gasteiger partial charge in [0.1, 0.15) is 12.1 Å². The maximum atomic E-state index is 13.8. The van der Waals surface area contributed by atoms with E-state index in [0.29, 0.717) is 12.1 Å². The highest BCUT2D eigenvalue weighted by Gasteiger charge is 2.38. The highest BCUT2D eigenvalue weighted by Crippen LogP contribution is 2.33. The van der Waals surface area contributed by atoms with Gasteiger partial charge in [0.05, 0.1) is 28.7 Å². The third kappa shape index (κ3) is 6.68. The van der Waals surface area contributed by atoms with E-state index in [0.717, 1.165) is 22.2 Å². The summed E-state index contributed by atoms with van der Waals surface area (Å²) >= 11 is 12.4. The number of carboxylic acids is 1. The second kappa shape index (κ2) is 12.6. The maximum absolute atomic E-state index is 13.8. The van der Waals surface area contributed by atoms with E-state index in [2.05, 4.69) is 20.9 Å². The normalized spacial score (nSPS) is 15.4. The van der Waals surface area contributed by atoms with Gasteiger partial charge in [-0.05, 0) is 36.1 Å². The van der Waals surface area contributed by atoms with Gasteiger partial charge in [-0.2, -0.15) is 0 Å². The van der Waals surface area contributed by atoms with Crippen molar-refractivity contribution in [2.24, 2.45) is 5.92 Å². The molecular formula is C28H31Cl2N5O5. The summed E-state index contributed by atoms with van der Waals surface area (Å²) in [6.45, 7) is 3.88. The van der Waals surface area contributed by atoms with Gasteiger partial charge in [0, 0.05) is 29.6 Å². The Labute approximate surface area is 241 Å². The molecule has 1 aromatic heterocycles. The number of urea groups is 1. The van der Waals surface area contributed by atoms with Crippen LogP contribution in [0.2, 0.25) is 10.0 Å². The lowest BCUT2D eigenvalue weighted by molar-refractivity contribution is -0.137. The van der Waals surface area contributed by atoms with E-state index in [1.165, 1.54) is 4.90 Å². The van der Waals surface area contributed by atoms with E-state index in [4.69, 9.17) is 28.3 Å². The van der Waals surface area contributed by atoms with Gasteiger partial charge >= 0.3 is 12.0 Å². The molecule has 40 heavy (non-hydrogen) atoms. The molecule has 1 aliphatic rings. The Balaban J connectivity index is 1.62. The second-order valence-electron chi connectivity index (χ2n) is 10.1. The fourth-order valence-corrected chi connectivity index (χ4v) is 5.18. The molecule has 0 bridgehead atoms. The number of carboxylic acid groups (broad SMARTS) is 1. The van der Waals surface area contributed by atoms with Crippen LogP contribution in [0.1, 0.15) is 37.9 Å². The summed E-state index contributed by atoms with van der Waals surface area (Å²) in [5.74, 6) is -1.95. The minimum Gasteiger partial charge on any atom is -0.481 e. The third-order valence-electron chi connectivity index (χ3n) is 6.74. The molecule has 0 radical (unpaired) electrons. The summed E-state index contributed by atoms with van der Waals surface area (Å²) in [6, 6.07) is 10.2. The van der Waals surface area contributed by atoms with E-state index in [1.54, 1.807) is 18.2 Å². The van der Waals surface area contributed by atoms with E-state index in [-0.39, 0.29) is 41.9 Å². The molecule has 4 rings (SSSR count). The van der Waals surface area contributed by atoms with Crippen molar-refractivity contribution < 1.29 is 24.3 Å². The number of carbonyl (C=O) groups is 4. The Morgan fingerprint density at radius 1 is 1.10 bits per heavy atom. The van der Waals surface area contributed by atoms with Crippen LogP contribution in [0, 0.1) is 5.92 Å². The largest absolute Gasteiger partial charge is 0.481 e. The number of carbonyl (C=O) groups excluding carboxylic acids is 3. The van der Waals surface area contributed by atoms with Crippen LogP contribution >= 0.6 is 23.2 Å². The quantitative estimate of drug-likeness (QED) is 0.249. The number of aromatic amines is 1. The molecule has 0 aliphatic carbocycles. The van der Waals surface area contributed by atoms with Crippen LogP contribution in [0.5, 0.6) is 0 Å². The number of halogens is 2. The number of para-hydroxylation sites is 1.